The lowest BCUT2D eigenvalue weighted by molar-refractivity contribution is 0.601. The predicted octanol–water partition coefficient (Wildman–Crippen LogP) is 5.31. The van der Waals surface area contributed by atoms with Crippen LogP contribution in [0.3, 0.4) is 0 Å². The van der Waals surface area contributed by atoms with Crippen LogP contribution in [0.5, 0.6) is 0 Å². The van der Waals surface area contributed by atoms with Crippen molar-refractivity contribution in [3.8, 4) is 0 Å². The number of rotatable bonds is 4. The van der Waals surface area contributed by atoms with Gasteiger partial charge in [0.1, 0.15) is 5.82 Å². The molecule has 0 aliphatic rings. The van der Waals surface area contributed by atoms with Gasteiger partial charge in [-0.2, -0.15) is 0 Å². The first-order valence-electron chi connectivity index (χ1n) is 6.77. The molecule has 0 spiro atoms. The van der Waals surface area contributed by atoms with Gasteiger partial charge in [0.25, 0.3) is 0 Å². The van der Waals surface area contributed by atoms with Crippen LogP contribution in [0.25, 0.3) is 10.1 Å². The molecule has 108 valence electrons. The van der Waals surface area contributed by atoms with Crippen LogP contribution in [0.2, 0.25) is 0 Å². The Labute approximate surface area is 135 Å². The van der Waals surface area contributed by atoms with E-state index in [-0.39, 0.29) is 11.9 Å². The summed E-state index contributed by atoms with van der Waals surface area (Å²) >= 11 is 5.25. The van der Waals surface area contributed by atoms with E-state index in [1.54, 1.807) is 17.4 Å². The molecular formula is C17H15BrFNS. The fraction of sp³-hybridized carbons (Fsp3) is 0.176. The van der Waals surface area contributed by atoms with Gasteiger partial charge in [-0.3, -0.25) is 0 Å². The van der Waals surface area contributed by atoms with Crippen LogP contribution < -0.4 is 5.32 Å². The molecular weight excluding hydrogens is 349 g/mol. The van der Waals surface area contributed by atoms with Crippen LogP contribution in [0.15, 0.2) is 53.0 Å². The van der Waals surface area contributed by atoms with Gasteiger partial charge in [-0.1, -0.05) is 40.2 Å². The molecule has 1 aromatic heterocycles. The van der Waals surface area contributed by atoms with E-state index in [0.29, 0.717) is 0 Å². The number of nitrogens with one attached hydrogen (secondary N) is 1. The number of likely N-dealkylation sites (N-methyl/N-ethyl adjacent to an activating group) is 1. The molecule has 1 N–H and O–H groups in total. The van der Waals surface area contributed by atoms with Gasteiger partial charge >= 0.3 is 0 Å². The Bertz CT molecular complexity index is 768. The number of hydrogen-bond acceptors (Lipinski definition) is 2. The average Bonchev–Trinajstić information content (AvgIpc) is 2.89. The van der Waals surface area contributed by atoms with Gasteiger partial charge in [-0.05, 0) is 48.7 Å². The van der Waals surface area contributed by atoms with Crippen molar-refractivity contribution in [2.75, 3.05) is 7.05 Å². The summed E-state index contributed by atoms with van der Waals surface area (Å²) in [5.41, 5.74) is 1.26. The highest BCUT2D eigenvalue weighted by atomic mass is 79.9. The molecule has 0 saturated carbocycles. The second-order valence-corrected chi connectivity index (χ2v) is 6.94. The number of thiophene rings is 1. The quantitative estimate of drug-likeness (QED) is 0.662. The zero-order valence-electron chi connectivity index (χ0n) is 11.6. The third-order valence-corrected chi connectivity index (χ3v) is 5.56. The summed E-state index contributed by atoms with van der Waals surface area (Å²) in [6, 6.07) is 15.6. The highest BCUT2D eigenvalue weighted by Gasteiger charge is 2.15. The van der Waals surface area contributed by atoms with Gasteiger partial charge < -0.3 is 5.32 Å². The lowest BCUT2D eigenvalue weighted by Gasteiger charge is -2.15. The zero-order valence-corrected chi connectivity index (χ0v) is 14.0. The summed E-state index contributed by atoms with van der Waals surface area (Å²) in [4.78, 5) is 1.23. The summed E-state index contributed by atoms with van der Waals surface area (Å²) in [7, 11) is 1.96. The van der Waals surface area contributed by atoms with E-state index in [2.05, 4.69) is 39.4 Å². The second kappa shape index (κ2) is 6.26. The van der Waals surface area contributed by atoms with Gasteiger partial charge in [-0.25, -0.2) is 4.39 Å². The molecule has 0 saturated heterocycles. The Hall–Kier alpha value is -1.23. The van der Waals surface area contributed by atoms with Crippen LogP contribution in [0, 0.1) is 5.82 Å². The number of hydrogen-bond donors (Lipinski definition) is 1. The van der Waals surface area contributed by atoms with Crippen molar-refractivity contribution in [3.05, 3.63) is 69.3 Å². The van der Waals surface area contributed by atoms with Crippen molar-refractivity contribution in [2.24, 2.45) is 0 Å². The lowest BCUT2D eigenvalue weighted by Crippen LogP contribution is -2.17. The maximum absolute atomic E-state index is 13.3. The second-order valence-electron chi connectivity index (χ2n) is 4.97. The third kappa shape index (κ3) is 3.18. The van der Waals surface area contributed by atoms with Gasteiger partial charge in [-0.15, -0.1) is 11.3 Å². The standard InChI is InChI=1S/C17H15BrFNS/c1-20-15(8-11-4-2-3-5-14(11)18)17-9-12-6-7-13(19)10-16(12)21-17/h2-7,9-10,15,20H,8H2,1H3. The Morgan fingerprint density at radius 2 is 2.00 bits per heavy atom. The molecule has 0 aliphatic heterocycles. The Kier molecular flexibility index (Phi) is 4.38. The fourth-order valence-electron chi connectivity index (χ4n) is 2.43. The molecule has 0 amide bonds. The van der Waals surface area contributed by atoms with Crippen LogP contribution >= 0.6 is 27.3 Å². The Balaban J connectivity index is 1.93. The molecule has 0 aliphatic carbocycles. The van der Waals surface area contributed by atoms with E-state index in [1.165, 1.54) is 16.5 Å². The van der Waals surface area contributed by atoms with E-state index >= 15 is 0 Å². The molecule has 2 aromatic carbocycles. The van der Waals surface area contributed by atoms with Crippen molar-refractivity contribution < 1.29 is 4.39 Å². The number of halogens is 2. The Morgan fingerprint density at radius 1 is 1.19 bits per heavy atom. The molecule has 0 bridgehead atoms. The molecule has 3 rings (SSSR count). The van der Waals surface area contributed by atoms with Crippen LogP contribution in [0.4, 0.5) is 4.39 Å². The maximum Gasteiger partial charge on any atom is 0.124 e. The fourth-order valence-corrected chi connectivity index (χ4v) is 4.07. The predicted molar refractivity (Wildman–Crippen MR) is 91.4 cm³/mol. The van der Waals surface area contributed by atoms with Crippen LogP contribution in [0.1, 0.15) is 16.5 Å². The minimum absolute atomic E-state index is 0.178. The molecule has 1 heterocycles. The summed E-state index contributed by atoms with van der Waals surface area (Å²) in [6.07, 6.45) is 0.896. The number of fused-ring (bicyclic) bond motifs is 1. The minimum atomic E-state index is -0.178. The minimum Gasteiger partial charge on any atom is -0.312 e. The van der Waals surface area contributed by atoms with Crippen molar-refractivity contribution >= 4 is 37.4 Å². The van der Waals surface area contributed by atoms with Crippen LogP contribution in [-0.4, -0.2) is 7.05 Å². The third-order valence-electron chi connectivity index (χ3n) is 3.57. The largest absolute Gasteiger partial charge is 0.312 e. The average molecular weight is 364 g/mol. The van der Waals surface area contributed by atoms with E-state index in [4.69, 9.17) is 0 Å². The van der Waals surface area contributed by atoms with Crippen molar-refractivity contribution in [2.45, 2.75) is 12.5 Å². The zero-order chi connectivity index (χ0) is 14.8. The van der Waals surface area contributed by atoms with Gasteiger partial charge in [0.2, 0.25) is 0 Å². The monoisotopic (exact) mass is 363 g/mol. The van der Waals surface area contributed by atoms with E-state index in [9.17, 15) is 4.39 Å². The molecule has 1 nitrogen and oxygen atoms in total. The number of benzene rings is 2. The van der Waals surface area contributed by atoms with Gasteiger partial charge in [0.05, 0.1) is 0 Å². The van der Waals surface area contributed by atoms with E-state index in [0.717, 1.165) is 21.0 Å². The molecule has 4 heteroatoms. The molecule has 1 unspecified atom stereocenters. The molecule has 0 radical (unpaired) electrons. The molecule has 21 heavy (non-hydrogen) atoms. The highest BCUT2D eigenvalue weighted by Crippen LogP contribution is 2.32. The van der Waals surface area contributed by atoms with E-state index < -0.39 is 0 Å². The summed E-state index contributed by atoms with van der Waals surface area (Å²) < 4.78 is 15.4. The summed E-state index contributed by atoms with van der Waals surface area (Å²) in [5.74, 6) is -0.178. The topological polar surface area (TPSA) is 12.0 Å². The van der Waals surface area contributed by atoms with E-state index in [1.807, 2.05) is 25.2 Å². The normalized spacial score (nSPS) is 12.7. The molecule has 1 atom stereocenters. The Morgan fingerprint density at radius 3 is 2.76 bits per heavy atom. The highest BCUT2D eigenvalue weighted by molar-refractivity contribution is 9.10. The van der Waals surface area contributed by atoms with Crippen molar-refractivity contribution in [3.63, 3.8) is 0 Å². The summed E-state index contributed by atoms with van der Waals surface area (Å²) in [5, 5.41) is 4.47. The smallest absolute Gasteiger partial charge is 0.124 e. The first-order chi connectivity index (χ1) is 10.2. The lowest BCUT2D eigenvalue weighted by atomic mass is 10.0. The van der Waals surface area contributed by atoms with Crippen molar-refractivity contribution in [1.29, 1.82) is 0 Å². The maximum atomic E-state index is 13.3. The van der Waals surface area contributed by atoms with Gasteiger partial charge in [0, 0.05) is 20.1 Å². The van der Waals surface area contributed by atoms with Gasteiger partial charge in [0.15, 0.2) is 0 Å². The van der Waals surface area contributed by atoms with Crippen molar-refractivity contribution in [1.82, 2.24) is 5.32 Å². The molecule has 3 aromatic rings. The SMILES string of the molecule is CNC(Cc1ccccc1Br)c1cc2ccc(F)cc2s1. The molecule has 0 fully saturated rings. The first-order valence-corrected chi connectivity index (χ1v) is 8.38. The summed E-state index contributed by atoms with van der Waals surface area (Å²) in [6.45, 7) is 0. The first kappa shape index (κ1) is 14.7. The van der Waals surface area contributed by atoms with Crippen LogP contribution in [-0.2, 0) is 6.42 Å².